The Morgan fingerprint density at radius 3 is 2.58 bits per heavy atom. The summed E-state index contributed by atoms with van der Waals surface area (Å²) in [5.74, 6) is -0.593. The first kappa shape index (κ1) is 13.7. The predicted molar refractivity (Wildman–Crippen MR) is 65.7 cm³/mol. The van der Waals surface area contributed by atoms with E-state index >= 15 is 0 Å². The molecule has 6 heteroatoms. The van der Waals surface area contributed by atoms with Crippen LogP contribution >= 0.6 is 0 Å². The molecule has 1 fully saturated rings. The number of amides is 1. The first-order valence-electron chi connectivity index (χ1n) is 6.02. The first-order valence-corrected chi connectivity index (χ1v) is 6.02. The van der Waals surface area contributed by atoms with Crippen molar-refractivity contribution in [2.45, 2.75) is 32.0 Å². The number of hydrogen-bond donors (Lipinski definition) is 1. The van der Waals surface area contributed by atoms with Gasteiger partial charge in [0.15, 0.2) is 0 Å². The Morgan fingerprint density at radius 2 is 2.05 bits per heavy atom. The van der Waals surface area contributed by atoms with E-state index in [1.165, 1.54) is 6.07 Å². The van der Waals surface area contributed by atoms with Gasteiger partial charge in [-0.1, -0.05) is 6.07 Å². The van der Waals surface area contributed by atoms with Crippen LogP contribution in [0.15, 0.2) is 18.2 Å². The van der Waals surface area contributed by atoms with Crippen LogP contribution in [0.3, 0.4) is 0 Å². The van der Waals surface area contributed by atoms with Crippen LogP contribution in [0.25, 0.3) is 0 Å². The van der Waals surface area contributed by atoms with Gasteiger partial charge in [-0.15, -0.1) is 0 Å². The fraction of sp³-hybridized carbons (Fsp3) is 0.462. The SMILES string of the molecule is Cc1ccc(N)cc1C(=O)N(CC(F)(F)F)C1CC1. The number of carbonyl (C=O) groups is 1. The Bertz CT molecular complexity index is 495. The third-order valence-corrected chi connectivity index (χ3v) is 3.09. The summed E-state index contributed by atoms with van der Waals surface area (Å²) in [4.78, 5) is 13.2. The van der Waals surface area contributed by atoms with Crippen LogP contribution in [0, 0.1) is 6.92 Å². The normalized spacial score (nSPS) is 15.4. The van der Waals surface area contributed by atoms with Crippen molar-refractivity contribution < 1.29 is 18.0 Å². The summed E-state index contributed by atoms with van der Waals surface area (Å²) < 4.78 is 37.6. The van der Waals surface area contributed by atoms with Gasteiger partial charge in [0.05, 0.1) is 0 Å². The third-order valence-electron chi connectivity index (χ3n) is 3.09. The van der Waals surface area contributed by atoms with Crippen molar-refractivity contribution >= 4 is 11.6 Å². The summed E-state index contributed by atoms with van der Waals surface area (Å²) in [7, 11) is 0. The van der Waals surface area contributed by atoms with Crippen LogP contribution < -0.4 is 5.73 Å². The van der Waals surface area contributed by atoms with Crippen LogP contribution in [0.4, 0.5) is 18.9 Å². The van der Waals surface area contributed by atoms with Crippen molar-refractivity contribution in [3.8, 4) is 0 Å². The van der Waals surface area contributed by atoms with E-state index in [0.29, 0.717) is 24.1 Å². The van der Waals surface area contributed by atoms with Gasteiger partial charge in [-0.2, -0.15) is 13.2 Å². The molecule has 0 heterocycles. The number of nitrogens with zero attached hydrogens (tertiary/aromatic N) is 1. The van der Waals surface area contributed by atoms with Gasteiger partial charge in [-0.05, 0) is 37.5 Å². The number of nitrogens with two attached hydrogens (primary N) is 1. The minimum atomic E-state index is -4.38. The average Bonchev–Trinajstić information content (AvgIpc) is 3.11. The second kappa shape index (κ2) is 4.75. The number of nitrogen functional groups attached to an aromatic ring is 1. The summed E-state index contributed by atoms with van der Waals surface area (Å²) in [5, 5.41) is 0. The molecule has 1 aliphatic carbocycles. The molecule has 19 heavy (non-hydrogen) atoms. The van der Waals surface area contributed by atoms with Gasteiger partial charge < -0.3 is 10.6 Å². The van der Waals surface area contributed by atoms with E-state index < -0.39 is 18.6 Å². The minimum absolute atomic E-state index is 0.246. The zero-order chi connectivity index (χ0) is 14.2. The quantitative estimate of drug-likeness (QED) is 0.860. The van der Waals surface area contributed by atoms with E-state index in [1.807, 2.05) is 0 Å². The Morgan fingerprint density at radius 1 is 1.42 bits per heavy atom. The van der Waals surface area contributed by atoms with Crippen molar-refractivity contribution in [1.82, 2.24) is 4.90 Å². The first-order chi connectivity index (χ1) is 8.78. The maximum atomic E-state index is 12.5. The van der Waals surface area contributed by atoms with Crippen LogP contribution in [-0.2, 0) is 0 Å². The molecule has 0 saturated heterocycles. The second-order valence-electron chi connectivity index (χ2n) is 4.85. The van der Waals surface area contributed by atoms with E-state index in [2.05, 4.69) is 0 Å². The summed E-state index contributed by atoms with van der Waals surface area (Å²) >= 11 is 0. The lowest BCUT2D eigenvalue weighted by molar-refractivity contribution is -0.141. The van der Waals surface area contributed by atoms with Crippen LogP contribution in [0.5, 0.6) is 0 Å². The number of alkyl halides is 3. The smallest absolute Gasteiger partial charge is 0.399 e. The molecule has 3 nitrogen and oxygen atoms in total. The molecular weight excluding hydrogens is 257 g/mol. The maximum Gasteiger partial charge on any atom is 0.406 e. The number of rotatable bonds is 3. The molecule has 0 aliphatic heterocycles. The van der Waals surface area contributed by atoms with Gasteiger partial charge in [0, 0.05) is 17.3 Å². The fourth-order valence-corrected chi connectivity index (χ4v) is 1.97. The van der Waals surface area contributed by atoms with Gasteiger partial charge in [-0.3, -0.25) is 4.79 Å². The number of hydrogen-bond acceptors (Lipinski definition) is 2. The maximum absolute atomic E-state index is 12.5. The van der Waals surface area contributed by atoms with Gasteiger partial charge >= 0.3 is 6.18 Å². The van der Waals surface area contributed by atoms with Crippen LogP contribution in [0.2, 0.25) is 0 Å². The standard InChI is InChI=1S/C13H15F3N2O/c1-8-2-3-9(17)6-11(8)12(19)18(10-4-5-10)7-13(14,15)16/h2-3,6,10H,4-5,7,17H2,1H3. The number of benzene rings is 1. The van der Waals surface area contributed by atoms with Crippen molar-refractivity contribution in [3.05, 3.63) is 29.3 Å². The largest absolute Gasteiger partial charge is 0.406 e. The van der Waals surface area contributed by atoms with Crippen molar-refractivity contribution in [3.63, 3.8) is 0 Å². The van der Waals surface area contributed by atoms with E-state index in [4.69, 9.17) is 5.73 Å². The van der Waals surface area contributed by atoms with Crippen molar-refractivity contribution in [2.24, 2.45) is 0 Å². The Hall–Kier alpha value is -1.72. The lowest BCUT2D eigenvalue weighted by atomic mass is 10.1. The molecule has 0 bridgehead atoms. The highest BCUT2D eigenvalue weighted by molar-refractivity contribution is 5.96. The number of aryl methyl sites for hydroxylation is 1. The molecule has 0 aromatic heterocycles. The van der Waals surface area contributed by atoms with Gasteiger partial charge in [-0.25, -0.2) is 0 Å². The number of carbonyl (C=O) groups excluding carboxylic acids is 1. The molecule has 1 aliphatic rings. The lowest BCUT2D eigenvalue weighted by Crippen LogP contribution is -2.40. The van der Waals surface area contributed by atoms with Crippen LogP contribution in [-0.4, -0.2) is 29.6 Å². The van der Waals surface area contributed by atoms with Crippen molar-refractivity contribution in [1.29, 1.82) is 0 Å². The molecule has 1 aromatic carbocycles. The second-order valence-corrected chi connectivity index (χ2v) is 4.85. The summed E-state index contributed by atoms with van der Waals surface area (Å²) in [5.41, 5.74) is 6.84. The highest BCUT2D eigenvalue weighted by atomic mass is 19.4. The zero-order valence-corrected chi connectivity index (χ0v) is 10.5. The average molecular weight is 272 g/mol. The molecule has 2 rings (SSSR count). The third kappa shape index (κ3) is 3.39. The lowest BCUT2D eigenvalue weighted by Gasteiger charge is -2.24. The molecular formula is C13H15F3N2O. The molecule has 0 unspecified atom stereocenters. The monoisotopic (exact) mass is 272 g/mol. The van der Waals surface area contributed by atoms with E-state index in [1.54, 1.807) is 19.1 Å². The Kier molecular flexibility index (Phi) is 3.43. The van der Waals surface area contributed by atoms with E-state index in [-0.39, 0.29) is 11.6 Å². The molecule has 104 valence electrons. The zero-order valence-electron chi connectivity index (χ0n) is 10.5. The highest BCUT2D eigenvalue weighted by Crippen LogP contribution is 2.32. The minimum Gasteiger partial charge on any atom is -0.399 e. The van der Waals surface area contributed by atoms with Gasteiger partial charge in [0.2, 0.25) is 0 Å². The highest BCUT2D eigenvalue weighted by Gasteiger charge is 2.41. The summed E-state index contributed by atoms with van der Waals surface area (Å²) in [6.45, 7) is 0.482. The van der Waals surface area contributed by atoms with E-state index in [0.717, 1.165) is 4.90 Å². The Balaban J connectivity index is 2.26. The van der Waals surface area contributed by atoms with E-state index in [9.17, 15) is 18.0 Å². The molecule has 2 N–H and O–H groups in total. The molecule has 0 atom stereocenters. The van der Waals surface area contributed by atoms with Crippen LogP contribution in [0.1, 0.15) is 28.8 Å². The number of anilines is 1. The van der Waals surface area contributed by atoms with Crippen molar-refractivity contribution in [2.75, 3.05) is 12.3 Å². The summed E-state index contributed by atoms with van der Waals surface area (Å²) in [6, 6.07) is 4.40. The van der Waals surface area contributed by atoms with Gasteiger partial charge in [0.25, 0.3) is 5.91 Å². The molecule has 1 aromatic rings. The molecule has 1 saturated carbocycles. The topological polar surface area (TPSA) is 46.3 Å². The fourth-order valence-electron chi connectivity index (χ4n) is 1.97. The number of halogens is 3. The Labute approximate surface area is 109 Å². The molecule has 1 amide bonds. The summed E-state index contributed by atoms with van der Waals surface area (Å²) in [6.07, 6.45) is -3.13. The predicted octanol–water partition coefficient (Wildman–Crippen LogP) is 2.74. The molecule has 0 radical (unpaired) electrons. The molecule has 0 spiro atoms. The van der Waals surface area contributed by atoms with Gasteiger partial charge in [0.1, 0.15) is 6.54 Å².